The van der Waals surface area contributed by atoms with Gasteiger partial charge in [0.15, 0.2) is 0 Å². The second-order valence-electron chi connectivity index (χ2n) is 4.49. The fourth-order valence-electron chi connectivity index (χ4n) is 1.83. The van der Waals surface area contributed by atoms with Crippen molar-refractivity contribution < 1.29 is 9.13 Å². The lowest BCUT2D eigenvalue weighted by molar-refractivity contribution is 0.171. The van der Waals surface area contributed by atoms with Crippen molar-refractivity contribution in [1.82, 2.24) is 5.32 Å². The summed E-state index contributed by atoms with van der Waals surface area (Å²) in [6.45, 7) is 4.21. The Balaban J connectivity index is 1.98. The molecule has 1 aliphatic rings. The van der Waals surface area contributed by atoms with Gasteiger partial charge in [-0.25, -0.2) is 4.39 Å². The van der Waals surface area contributed by atoms with Crippen LogP contribution in [0.1, 0.15) is 18.9 Å². The first-order chi connectivity index (χ1) is 7.57. The van der Waals surface area contributed by atoms with Crippen molar-refractivity contribution >= 4 is 11.6 Å². The molecule has 88 valence electrons. The lowest BCUT2D eigenvalue weighted by atomic mass is 10.0. The van der Waals surface area contributed by atoms with Gasteiger partial charge in [-0.1, -0.05) is 11.6 Å². The van der Waals surface area contributed by atoms with Crippen LogP contribution in [0.4, 0.5) is 4.39 Å². The monoisotopic (exact) mass is 243 g/mol. The molecule has 1 aromatic rings. The Labute approximate surface area is 99.7 Å². The highest BCUT2D eigenvalue weighted by Crippen LogP contribution is 2.19. The van der Waals surface area contributed by atoms with Crippen LogP contribution in [0.15, 0.2) is 18.2 Å². The van der Waals surface area contributed by atoms with Crippen LogP contribution in [0.3, 0.4) is 0 Å². The van der Waals surface area contributed by atoms with Gasteiger partial charge in [0.2, 0.25) is 0 Å². The van der Waals surface area contributed by atoms with E-state index in [-0.39, 0.29) is 11.4 Å². The van der Waals surface area contributed by atoms with Crippen LogP contribution in [0, 0.1) is 5.82 Å². The molecule has 0 spiro atoms. The highest BCUT2D eigenvalue weighted by molar-refractivity contribution is 6.30. The maximum absolute atomic E-state index is 13.1. The molecule has 0 bridgehead atoms. The molecular weight excluding hydrogens is 229 g/mol. The zero-order valence-corrected chi connectivity index (χ0v) is 9.98. The van der Waals surface area contributed by atoms with Crippen LogP contribution in [0.5, 0.6) is 0 Å². The van der Waals surface area contributed by atoms with E-state index in [9.17, 15) is 4.39 Å². The van der Waals surface area contributed by atoms with Crippen molar-refractivity contribution in [2.24, 2.45) is 0 Å². The molecule has 1 heterocycles. The van der Waals surface area contributed by atoms with E-state index in [2.05, 4.69) is 12.2 Å². The molecule has 1 fully saturated rings. The van der Waals surface area contributed by atoms with Crippen LogP contribution in [-0.4, -0.2) is 18.8 Å². The maximum Gasteiger partial charge on any atom is 0.125 e. The number of benzene rings is 1. The smallest absolute Gasteiger partial charge is 0.125 e. The van der Waals surface area contributed by atoms with E-state index in [0.29, 0.717) is 18.2 Å². The summed E-state index contributed by atoms with van der Waals surface area (Å²) >= 11 is 5.79. The molecule has 1 aromatic carbocycles. The quantitative estimate of drug-likeness (QED) is 0.882. The number of halogens is 2. The molecule has 1 atom stereocenters. The molecule has 16 heavy (non-hydrogen) atoms. The summed E-state index contributed by atoms with van der Waals surface area (Å²) in [5, 5.41) is 3.81. The highest BCUT2D eigenvalue weighted by atomic mass is 35.5. The Morgan fingerprint density at radius 3 is 2.94 bits per heavy atom. The summed E-state index contributed by atoms with van der Waals surface area (Å²) in [6.07, 6.45) is 0.982. The van der Waals surface area contributed by atoms with Gasteiger partial charge in [0, 0.05) is 23.7 Å². The van der Waals surface area contributed by atoms with Crippen LogP contribution in [0.2, 0.25) is 5.02 Å². The zero-order chi connectivity index (χ0) is 11.6. The number of ether oxygens (including phenoxy) is 1. The number of rotatable bonds is 3. The van der Waals surface area contributed by atoms with E-state index < -0.39 is 0 Å². The minimum absolute atomic E-state index is 0.00120. The van der Waals surface area contributed by atoms with Crippen LogP contribution in [0.25, 0.3) is 0 Å². The van der Waals surface area contributed by atoms with E-state index in [1.165, 1.54) is 12.1 Å². The van der Waals surface area contributed by atoms with E-state index in [1.54, 1.807) is 6.07 Å². The SMILES string of the molecule is CC1(NCc2cc(F)cc(Cl)c2)CCOC1. The lowest BCUT2D eigenvalue weighted by Crippen LogP contribution is -2.42. The molecule has 1 aliphatic heterocycles. The summed E-state index contributed by atoms with van der Waals surface area (Å²) in [5.41, 5.74) is 0.858. The average molecular weight is 244 g/mol. The third-order valence-electron chi connectivity index (χ3n) is 2.86. The van der Waals surface area contributed by atoms with Crippen molar-refractivity contribution in [2.45, 2.75) is 25.4 Å². The number of hydrogen-bond donors (Lipinski definition) is 1. The normalized spacial score (nSPS) is 24.9. The van der Waals surface area contributed by atoms with Gasteiger partial charge in [-0.2, -0.15) is 0 Å². The molecule has 2 rings (SSSR count). The van der Waals surface area contributed by atoms with Crippen LogP contribution >= 0.6 is 11.6 Å². The molecular formula is C12H15ClFNO. The van der Waals surface area contributed by atoms with Crippen molar-refractivity contribution in [1.29, 1.82) is 0 Å². The van der Waals surface area contributed by atoms with Crippen molar-refractivity contribution in [3.8, 4) is 0 Å². The van der Waals surface area contributed by atoms with Gasteiger partial charge in [-0.15, -0.1) is 0 Å². The molecule has 1 N–H and O–H groups in total. The first-order valence-electron chi connectivity index (χ1n) is 5.35. The summed E-state index contributed by atoms with van der Waals surface area (Å²) in [6, 6.07) is 4.58. The Morgan fingerprint density at radius 1 is 1.50 bits per heavy atom. The fraction of sp³-hybridized carbons (Fsp3) is 0.500. The van der Waals surface area contributed by atoms with Gasteiger partial charge in [-0.05, 0) is 37.1 Å². The fourth-order valence-corrected chi connectivity index (χ4v) is 2.08. The second-order valence-corrected chi connectivity index (χ2v) is 4.93. The number of hydrogen-bond acceptors (Lipinski definition) is 2. The standard InChI is InChI=1S/C12H15ClFNO/c1-12(2-3-16-8-12)15-7-9-4-10(13)6-11(14)5-9/h4-6,15H,2-3,7-8H2,1H3. The summed E-state index contributed by atoms with van der Waals surface area (Å²) in [7, 11) is 0. The second kappa shape index (κ2) is 4.70. The van der Waals surface area contributed by atoms with Gasteiger partial charge in [-0.3, -0.25) is 0 Å². The third kappa shape index (κ3) is 2.94. The van der Waals surface area contributed by atoms with Crippen molar-refractivity contribution in [2.75, 3.05) is 13.2 Å². The number of nitrogens with one attached hydrogen (secondary N) is 1. The van der Waals surface area contributed by atoms with E-state index >= 15 is 0 Å². The minimum atomic E-state index is -0.294. The van der Waals surface area contributed by atoms with Gasteiger partial charge in [0.05, 0.1) is 6.61 Å². The van der Waals surface area contributed by atoms with Crippen LogP contribution < -0.4 is 5.32 Å². The minimum Gasteiger partial charge on any atom is -0.379 e. The molecule has 0 aliphatic carbocycles. The molecule has 4 heteroatoms. The Kier molecular flexibility index (Phi) is 3.47. The third-order valence-corrected chi connectivity index (χ3v) is 3.08. The summed E-state index contributed by atoms with van der Waals surface area (Å²) < 4.78 is 18.4. The first kappa shape index (κ1) is 11.8. The van der Waals surface area contributed by atoms with Gasteiger partial charge in [0.1, 0.15) is 5.82 Å². The van der Waals surface area contributed by atoms with Gasteiger partial charge < -0.3 is 10.1 Å². The molecule has 1 saturated heterocycles. The zero-order valence-electron chi connectivity index (χ0n) is 9.22. The largest absolute Gasteiger partial charge is 0.379 e. The molecule has 2 nitrogen and oxygen atoms in total. The van der Waals surface area contributed by atoms with Gasteiger partial charge in [0.25, 0.3) is 0 Å². The molecule has 1 unspecified atom stereocenters. The van der Waals surface area contributed by atoms with E-state index in [0.717, 1.165) is 18.6 Å². The predicted molar refractivity (Wildman–Crippen MR) is 62.1 cm³/mol. The Morgan fingerprint density at radius 2 is 2.31 bits per heavy atom. The van der Waals surface area contributed by atoms with Gasteiger partial charge >= 0.3 is 0 Å². The predicted octanol–water partition coefficient (Wildman–Crippen LogP) is 2.75. The average Bonchev–Trinajstić information content (AvgIpc) is 2.62. The Bertz CT molecular complexity index is 357. The molecule has 0 saturated carbocycles. The summed E-state index contributed by atoms with van der Waals surface area (Å²) in [5.74, 6) is -0.294. The van der Waals surface area contributed by atoms with E-state index in [1.807, 2.05) is 0 Å². The topological polar surface area (TPSA) is 21.3 Å². The Hall–Kier alpha value is -0.640. The highest BCUT2D eigenvalue weighted by Gasteiger charge is 2.28. The molecule has 0 amide bonds. The molecule has 0 aromatic heterocycles. The van der Waals surface area contributed by atoms with E-state index in [4.69, 9.17) is 16.3 Å². The van der Waals surface area contributed by atoms with Crippen molar-refractivity contribution in [3.63, 3.8) is 0 Å². The summed E-state index contributed by atoms with van der Waals surface area (Å²) in [4.78, 5) is 0. The van der Waals surface area contributed by atoms with Crippen molar-refractivity contribution in [3.05, 3.63) is 34.6 Å². The molecule has 0 radical (unpaired) electrons. The lowest BCUT2D eigenvalue weighted by Gasteiger charge is -2.23. The first-order valence-corrected chi connectivity index (χ1v) is 5.73. The van der Waals surface area contributed by atoms with Crippen LogP contribution in [-0.2, 0) is 11.3 Å². The maximum atomic E-state index is 13.1.